The zero-order valence-corrected chi connectivity index (χ0v) is 11.4. The number of alkyl halides is 2. The molecule has 0 unspecified atom stereocenters. The van der Waals surface area contributed by atoms with Crippen LogP contribution in [0.25, 0.3) is 0 Å². The summed E-state index contributed by atoms with van der Waals surface area (Å²) in [6.07, 6.45) is 0. The molecule has 1 aliphatic heterocycles. The molecule has 1 saturated heterocycles. The summed E-state index contributed by atoms with van der Waals surface area (Å²) < 4.78 is 28.5. The van der Waals surface area contributed by atoms with E-state index in [1.165, 1.54) is 29.2 Å². The fourth-order valence-electron chi connectivity index (χ4n) is 2.65. The number of hydrogen-bond donors (Lipinski definition) is 3. The van der Waals surface area contributed by atoms with Crippen LogP contribution in [0.3, 0.4) is 0 Å². The number of carboxylic acids is 1. The SMILES string of the molecule is O=C(O)c1ccccc1[C@@H](N1CCNCC1)C(F)(F)CO. The third-order valence-electron chi connectivity index (χ3n) is 3.61. The number of rotatable bonds is 5. The number of halogens is 2. The summed E-state index contributed by atoms with van der Waals surface area (Å²) in [5.41, 5.74) is -0.125. The van der Waals surface area contributed by atoms with E-state index in [9.17, 15) is 18.7 Å². The lowest BCUT2D eigenvalue weighted by atomic mass is 9.93. The Bertz CT molecular complexity index is 505. The first-order valence-corrected chi connectivity index (χ1v) is 6.73. The summed E-state index contributed by atoms with van der Waals surface area (Å²) in [5.74, 6) is -4.66. The molecule has 0 saturated carbocycles. The third-order valence-corrected chi connectivity index (χ3v) is 3.61. The highest BCUT2D eigenvalue weighted by molar-refractivity contribution is 5.89. The van der Waals surface area contributed by atoms with Crippen LogP contribution in [0.1, 0.15) is 22.0 Å². The molecule has 1 heterocycles. The standard InChI is InChI=1S/C14H18F2N2O3/c15-14(16,9-19)12(18-7-5-17-6-8-18)10-3-1-2-4-11(10)13(20)21/h1-4,12,17,19H,5-9H2,(H,20,21)/t12-/m1/s1. The van der Waals surface area contributed by atoms with Crippen molar-refractivity contribution in [3.63, 3.8) is 0 Å². The number of nitrogens with zero attached hydrogens (tertiary/aromatic N) is 1. The number of aliphatic hydroxyl groups is 1. The Morgan fingerprint density at radius 1 is 1.33 bits per heavy atom. The van der Waals surface area contributed by atoms with Crippen LogP contribution in [0.5, 0.6) is 0 Å². The van der Waals surface area contributed by atoms with Crippen molar-refractivity contribution in [2.75, 3.05) is 32.8 Å². The summed E-state index contributed by atoms with van der Waals surface area (Å²) in [4.78, 5) is 12.8. The second-order valence-corrected chi connectivity index (χ2v) is 5.00. The van der Waals surface area contributed by atoms with E-state index < -0.39 is 24.5 Å². The fraction of sp³-hybridized carbons (Fsp3) is 0.500. The van der Waals surface area contributed by atoms with E-state index in [0.29, 0.717) is 26.2 Å². The minimum Gasteiger partial charge on any atom is -0.478 e. The molecule has 2 rings (SSSR count). The van der Waals surface area contributed by atoms with E-state index in [0.717, 1.165) is 0 Å². The number of carbonyl (C=O) groups is 1. The lowest BCUT2D eigenvalue weighted by Gasteiger charge is -2.39. The van der Waals surface area contributed by atoms with Gasteiger partial charge < -0.3 is 15.5 Å². The van der Waals surface area contributed by atoms with Gasteiger partial charge in [0.1, 0.15) is 12.6 Å². The van der Waals surface area contributed by atoms with E-state index in [2.05, 4.69) is 5.32 Å². The van der Waals surface area contributed by atoms with Crippen molar-refractivity contribution >= 4 is 5.97 Å². The molecule has 21 heavy (non-hydrogen) atoms. The number of hydrogen-bond acceptors (Lipinski definition) is 4. The van der Waals surface area contributed by atoms with Gasteiger partial charge in [-0.25, -0.2) is 13.6 Å². The Morgan fingerprint density at radius 2 is 1.95 bits per heavy atom. The van der Waals surface area contributed by atoms with Gasteiger partial charge in [0.15, 0.2) is 0 Å². The number of aromatic carboxylic acids is 1. The minimum atomic E-state index is -3.41. The lowest BCUT2D eigenvalue weighted by Crippen LogP contribution is -2.51. The number of piperazine rings is 1. The minimum absolute atomic E-state index is 0.0333. The molecule has 1 fully saturated rings. The Hall–Kier alpha value is -1.57. The zero-order chi connectivity index (χ0) is 15.5. The quantitative estimate of drug-likeness (QED) is 0.755. The van der Waals surface area contributed by atoms with Crippen LogP contribution in [-0.2, 0) is 0 Å². The molecule has 3 N–H and O–H groups in total. The first-order valence-electron chi connectivity index (χ1n) is 6.73. The Balaban J connectivity index is 2.47. The van der Waals surface area contributed by atoms with Gasteiger partial charge in [0.25, 0.3) is 5.92 Å². The topological polar surface area (TPSA) is 72.8 Å². The zero-order valence-electron chi connectivity index (χ0n) is 11.4. The van der Waals surface area contributed by atoms with Crippen molar-refractivity contribution in [2.45, 2.75) is 12.0 Å². The molecule has 116 valence electrons. The summed E-state index contributed by atoms with van der Waals surface area (Å²) in [6, 6.07) is 4.28. The van der Waals surface area contributed by atoms with Crippen molar-refractivity contribution in [3.8, 4) is 0 Å². The first-order chi connectivity index (χ1) is 9.97. The Kier molecular flexibility index (Phi) is 4.87. The molecule has 7 heteroatoms. The average molecular weight is 300 g/mol. The van der Waals surface area contributed by atoms with Gasteiger partial charge in [-0.3, -0.25) is 4.90 Å². The highest BCUT2D eigenvalue weighted by atomic mass is 19.3. The maximum absolute atomic E-state index is 14.2. The molecule has 5 nitrogen and oxygen atoms in total. The van der Waals surface area contributed by atoms with Gasteiger partial charge in [0.05, 0.1) is 5.56 Å². The van der Waals surface area contributed by atoms with Crippen LogP contribution in [-0.4, -0.2) is 59.8 Å². The van der Waals surface area contributed by atoms with E-state index in [-0.39, 0.29) is 11.1 Å². The van der Waals surface area contributed by atoms with E-state index in [1.807, 2.05) is 0 Å². The number of carboxylic acid groups (broad SMARTS) is 1. The molecule has 0 radical (unpaired) electrons. The summed E-state index contributed by atoms with van der Waals surface area (Å²) in [6.45, 7) is 0.512. The maximum Gasteiger partial charge on any atom is 0.336 e. The molecule has 0 aliphatic carbocycles. The summed E-state index contributed by atoms with van der Waals surface area (Å²) in [5, 5.41) is 21.3. The Labute approximate surface area is 121 Å². The monoisotopic (exact) mass is 300 g/mol. The largest absolute Gasteiger partial charge is 0.478 e. The summed E-state index contributed by atoms with van der Waals surface area (Å²) >= 11 is 0. The van der Waals surface area contributed by atoms with E-state index in [1.54, 1.807) is 0 Å². The highest BCUT2D eigenvalue weighted by Gasteiger charge is 2.45. The molecule has 0 aromatic heterocycles. The first kappa shape index (κ1) is 15.8. The molecule has 1 atom stereocenters. The number of benzene rings is 1. The van der Waals surface area contributed by atoms with Crippen LogP contribution in [0.15, 0.2) is 24.3 Å². The molecule has 1 aromatic carbocycles. The predicted molar refractivity (Wildman–Crippen MR) is 72.6 cm³/mol. The van der Waals surface area contributed by atoms with Crippen molar-refractivity contribution in [1.29, 1.82) is 0 Å². The molecular weight excluding hydrogens is 282 g/mol. The molecule has 0 bridgehead atoms. The van der Waals surface area contributed by atoms with Crippen LogP contribution in [0.4, 0.5) is 8.78 Å². The van der Waals surface area contributed by atoms with Crippen LogP contribution in [0, 0.1) is 0 Å². The molecule has 1 aromatic rings. The molecule has 0 spiro atoms. The van der Waals surface area contributed by atoms with E-state index >= 15 is 0 Å². The molecular formula is C14H18F2N2O3. The lowest BCUT2D eigenvalue weighted by molar-refractivity contribution is -0.118. The molecule has 1 aliphatic rings. The van der Waals surface area contributed by atoms with Gasteiger partial charge in [0, 0.05) is 26.2 Å². The normalized spacial score (nSPS) is 18.4. The van der Waals surface area contributed by atoms with Crippen LogP contribution >= 0.6 is 0 Å². The van der Waals surface area contributed by atoms with Crippen molar-refractivity contribution in [1.82, 2.24) is 10.2 Å². The molecule has 0 amide bonds. The van der Waals surface area contributed by atoms with Gasteiger partial charge in [-0.05, 0) is 11.6 Å². The number of nitrogens with one attached hydrogen (secondary N) is 1. The second kappa shape index (κ2) is 6.46. The summed E-state index contributed by atoms with van der Waals surface area (Å²) in [7, 11) is 0. The van der Waals surface area contributed by atoms with Crippen LogP contribution < -0.4 is 5.32 Å². The maximum atomic E-state index is 14.2. The highest BCUT2D eigenvalue weighted by Crippen LogP contribution is 2.38. The van der Waals surface area contributed by atoms with Crippen molar-refractivity contribution in [2.24, 2.45) is 0 Å². The van der Waals surface area contributed by atoms with Crippen LogP contribution in [0.2, 0.25) is 0 Å². The average Bonchev–Trinajstić information content (AvgIpc) is 2.48. The fourth-order valence-corrected chi connectivity index (χ4v) is 2.65. The van der Waals surface area contributed by atoms with Gasteiger partial charge in [0.2, 0.25) is 0 Å². The number of aliphatic hydroxyl groups excluding tert-OH is 1. The van der Waals surface area contributed by atoms with Gasteiger partial charge >= 0.3 is 5.97 Å². The van der Waals surface area contributed by atoms with Gasteiger partial charge in [-0.2, -0.15) is 0 Å². The van der Waals surface area contributed by atoms with Gasteiger partial charge in [-0.15, -0.1) is 0 Å². The Morgan fingerprint density at radius 3 is 2.52 bits per heavy atom. The van der Waals surface area contributed by atoms with Gasteiger partial charge in [-0.1, -0.05) is 18.2 Å². The van der Waals surface area contributed by atoms with E-state index in [4.69, 9.17) is 5.11 Å². The predicted octanol–water partition coefficient (Wildman–Crippen LogP) is 0.959. The van der Waals surface area contributed by atoms with Crippen molar-refractivity contribution < 1.29 is 23.8 Å². The second-order valence-electron chi connectivity index (χ2n) is 5.00. The third kappa shape index (κ3) is 3.37. The van der Waals surface area contributed by atoms with Crippen molar-refractivity contribution in [3.05, 3.63) is 35.4 Å². The smallest absolute Gasteiger partial charge is 0.336 e.